The van der Waals surface area contributed by atoms with E-state index in [9.17, 15) is 18.3 Å². The molecule has 4 aromatic carbocycles. The van der Waals surface area contributed by atoms with E-state index < -0.39 is 11.6 Å². The van der Waals surface area contributed by atoms with Crippen LogP contribution in [0.5, 0.6) is 17.2 Å². The van der Waals surface area contributed by atoms with Gasteiger partial charge in [-0.25, -0.2) is 13.2 Å². The second-order valence-corrected chi connectivity index (χ2v) is 15.4. The van der Waals surface area contributed by atoms with Crippen molar-refractivity contribution in [2.75, 3.05) is 0 Å². The predicted molar refractivity (Wildman–Crippen MR) is 222 cm³/mol. The fourth-order valence-electron chi connectivity index (χ4n) is 4.60. The first kappa shape index (κ1) is 56.2. The van der Waals surface area contributed by atoms with Gasteiger partial charge < -0.3 is 21.4 Å². The molecule has 2 heterocycles. The van der Waals surface area contributed by atoms with Gasteiger partial charge in [-0.3, -0.25) is 14.8 Å². The second kappa shape index (κ2) is 27.2. The molecule has 58 heavy (non-hydrogen) atoms. The Kier molecular flexibility index (Phi) is 26.4. The Balaban J connectivity index is 0. The minimum absolute atomic E-state index is 0. The van der Waals surface area contributed by atoms with Crippen molar-refractivity contribution in [3.05, 3.63) is 159 Å². The van der Waals surface area contributed by atoms with Crippen LogP contribution in [-0.4, -0.2) is 21.5 Å². The van der Waals surface area contributed by atoms with Gasteiger partial charge in [-0.15, -0.1) is 0 Å². The maximum Gasteiger partial charge on any atom is 1.00 e. The number of hydrogen-bond acceptors (Lipinski definition) is 7. The van der Waals surface area contributed by atoms with Crippen molar-refractivity contribution in [2.24, 2.45) is 0 Å². The van der Waals surface area contributed by atoms with E-state index in [-0.39, 0.29) is 145 Å². The summed E-state index contributed by atoms with van der Waals surface area (Å²) in [5.41, 5.74) is 6.59. The van der Waals surface area contributed by atoms with Gasteiger partial charge in [0.15, 0.2) is 0 Å². The molecule has 2 aromatic heterocycles. The number of ether oxygens (including phenoxy) is 1. The zero-order valence-corrected chi connectivity index (χ0v) is 42.4. The average molecular weight is 977 g/mol. The summed E-state index contributed by atoms with van der Waals surface area (Å²) in [6.45, 7) is 12.9. The van der Waals surface area contributed by atoms with Gasteiger partial charge in [-0.1, -0.05) is 61.1 Å². The molecule has 0 aliphatic rings. The summed E-state index contributed by atoms with van der Waals surface area (Å²) in [6.07, 6.45) is 3.67. The zero-order chi connectivity index (χ0) is 40.8. The number of aromatic nitrogens is 2. The van der Waals surface area contributed by atoms with E-state index in [0.717, 1.165) is 22.5 Å². The largest absolute Gasteiger partial charge is 1.00 e. The third kappa shape index (κ3) is 18.5. The summed E-state index contributed by atoms with van der Waals surface area (Å²) in [5.74, 6) is -0.134. The number of aromatic hydroxyl groups is 1. The van der Waals surface area contributed by atoms with Gasteiger partial charge >= 0.3 is 103 Å². The van der Waals surface area contributed by atoms with E-state index in [0.29, 0.717) is 16.0 Å². The quantitative estimate of drug-likeness (QED) is 0.0701. The van der Waals surface area contributed by atoms with Crippen LogP contribution in [0.25, 0.3) is 22.5 Å². The monoisotopic (exact) mass is 974 g/mol. The van der Waals surface area contributed by atoms with Gasteiger partial charge in [0.25, 0.3) is 6.47 Å². The normalized spacial score (nSPS) is 10.1. The molecule has 0 spiro atoms. The summed E-state index contributed by atoms with van der Waals surface area (Å²) in [4.78, 5) is 20.1. The van der Waals surface area contributed by atoms with Gasteiger partial charge in [0, 0.05) is 23.5 Å². The molecule has 6 rings (SSSR count). The van der Waals surface area contributed by atoms with Gasteiger partial charge in [0.2, 0.25) is 0 Å². The van der Waals surface area contributed by atoms with Crippen molar-refractivity contribution in [2.45, 2.75) is 59.8 Å². The van der Waals surface area contributed by atoms with Crippen molar-refractivity contribution >= 4 is 38.3 Å². The molecule has 6 aromatic rings. The number of halogens is 5. The fourth-order valence-corrected chi connectivity index (χ4v) is 5.21. The second-order valence-electron chi connectivity index (χ2n) is 13.8. The third-order valence-electron chi connectivity index (χ3n) is 7.65. The van der Waals surface area contributed by atoms with Crippen LogP contribution >= 0.6 is 31.9 Å². The summed E-state index contributed by atoms with van der Waals surface area (Å²) >= 11 is 5.93. The van der Waals surface area contributed by atoms with E-state index in [1.54, 1.807) is 24.3 Å². The van der Waals surface area contributed by atoms with Gasteiger partial charge in [-0.2, -0.15) is 0 Å². The Morgan fingerprint density at radius 2 is 1.03 bits per heavy atom. The molecular formula is C44H45Br2F3K2N2O5. The molecule has 0 amide bonds. The van der Waals surface area contributed by atoms with Crippen LogP contribution in [0.4, 0.5) is 13.2 Å². The maximum atomic E-state index is 13.6. The molecule has 0 radical (unpaired) electrons. The molecule has 0 fully saturated rings. The van der Waals surface area contributed by atoms with E-state index >= 15 is 0 Å². The van der Waals surface area contributed by atoms with Crippen molar-refractivity contribution < 1.29 is 142 Å². The number of hydrogen-bond donors (Lipinski definition) is 1. The summed E-state index contributed by atoms with van der Waals surface area (Å²) in [5, 5.41) is 17.7. The van der Waals surface area contributed by atoms with Crippen molar-refractivity contribution in [1.82, 2.24) is 9.97 Å². The number of phenols is 1. The standard InChI is InChI=1S/C21H19BrFNO.C15H17NO.C6H3BrF2.CH2O3.CH4.2K.H/c1-21(2,3)15-11-12-24-18(13-15)14-7-9-16(10-8-14)25-19-6-4-5-17(23)20(19)22;1-15(2,3)12-8-9-16-14(10-12)11-4-6-13(17)7-5-11;7-6-4(8)2-1-3-5(6)9;2-1-4-3;;;;/h4-13H,1-3H3;4-10,17H,1-3H3;1-3H;1,3H;1H4;;;/q;;;;;2*+1;-1/p-1. The summed E-state index contributed by atoms with van der Waals surface area (Å²) in [6, 6.07) is 31.5. The minimum Gasteiger partial charge on any atom is -1.00 e. The summed E-state index contributed by atoms with van der Waals surface area (Å²) in [7, 11) is 0. The number of rotatable bonds is 5. The number of pyridine rings is 2. The van der Waals surface area contributed by atoms with Crippen LogP contribution in [0, 0.1) is 17.5 Å². The summed E-state index contributed by atoms with van der Waals surface area (Å²) < 4.78 is 44.1. The molecule has 0 saturated heterocycles. The number of phenolic OH excluding ortho intramolecular Hbond substituents is 1. The molecule has 0 aliphatic carbocycles. The molecule has 0 saturated carbocycles. The Hall–Kier alpha value is -1.77. The van der Waals surface area contributed by atoms with Crippen molar-refractivity contribution in [1.29, 1.82) is 0 Å². The van der Waals surface area contributed by atoms with Gasteiger partial charge in [-0.05, 0) is 151 Å². The Labute approximate surface area is 442 Å². The number of carbonyl (C=O) groups excluding carboxylic acids is 1. The zero-order valence-electron chi connectivity index (χ0n) is 34.0. The van der Waals surface area contributed by atoms with Gasteiger partial charge in [0.1, 0.15) is 34.7 Å². The molecule has 1 N–H and O–H groups in total. The average Bonchev–Trinajstić information content (AvgIpc) is 3.16. The molecule has 0 aliphatic heterocycles. The predicted octanol–water partition coefficient (Wildman–Crippen LogP) is 6.41. The molecule has 298 valence electrons. The van der Waals surface area contributed by atoms with Crippen LogP contribution in [-0.2, 0) is 20.5 Å². The molecule has 0 bridgehead atoms. The molecule has 0 unspecified atom stereocenters. The Bertz CT molecular complexity index is 2140. The maximum absolute atomic E-state index is 13.6. The number of carbonyl (C=O) groups is 1. The number of nitrogens with zero attached hydrogens (tertiary/aromatic N) is 2. The molecule has 0 atom stereocenters. The SMILES string of the molecule is C.CC(C)(C)c1ccnc(-c2ccc(O)cc2)c1.CC(C)(C)c1ccnc(-c2ccc(Oc3cccc(F)c3Br)cc2)c1.Fc1cccc(F)c1Br.O=CO[O-].[H-].[K+].[K+]. The molecule has 14 heteroatoms. The molecule has 7 nitrogen and oxygen atoms in total. The van der Waals surface area contributed by atoms with Crippen LogP contribution in [0.15, 0.2) is 131 Å². The van der Waals surface area contributed by atoms with Crippen molar-refractivity contribution in [3.8, 4) is 39.8 Å². The van der Waals surface area contributed by atoms with E-state index in [1.807, 2.05) is 60.9 Å². The van der Waals surface area contributed by atoms with E-state index in [1.165, 1.54) is 35.4 Å². The van der Waals surface area contributed by atoms with Gasteiger partial charge in [0.05, 0.1) is 20.3 Å². The van der Waals surface area contributed by atoms with Crippen molar-refractivity contribution in [3.63, 3.8) is 0 Å². The van der Waals surface area contributed by atoms with Crippen LogP contribution in [0.1, 0.15) is 61.5 Å². The van der Waals surface area contributed by atoms with Crippen LogP contribution < -0.4 is 113 Å². The van der Waals surface area contributed by atoms with Crippen LogP contribution in [0.3, 0.4) is 0 Å². The van der Waals surface area contributed by atoms with E-state index in [4.69, 9.17) is 14.8 Å². The Morgan fingerprint density at radius 1 is 0.655 bits per heavy atom. The fraction of sp³-hybridized carbons (Fsp3) is 0.205. The first-order chi connectivity index (χ1) is 25.9. The topological polar surface area (TPSA) is 105 Å². The first-order valence-corrected chi connectivity index (χ1v) is 18.3. The Morgan fingerprint density at radius 3 is 1.41 bits per heavy atom. The minimum atomic E-state index is -0.574. The first-order valence-electron chi connectivity index (χ1n) is 16.7. The molecular weight excluding hydrogens is 931 g/mol. The van der Waals surface area contributed by atoms with Crippen LogP contribution in [0.2, 0.25) is 0 Å². The van der Waals surface area contributed by atoms with E-state index in [2.05, 4.69) is 100 Å². The number of benzene rings is 4. The smallest absolute Gasteiger partial charge is 1.00 e. The third-order valence-corrected chi connectivity index (χ3v) is 9.18.